The number of nitrogens with zero attached hydrogens (tertiary/aromatic N) is 1. The molecule has 0 radical (unpaired) electrons. The monoisotopic (exact) mass is 388 g/mol. The Morgan fingerprint density at radius 1 is 0.931 bits per heavy atom. The molecule has 29 heavy (non-hydrogen) atoms. The molecule has 3 aromatic rings. The van der Waals surface area contributed by atoms with Gasteiger partial charge in [-0.05, 0) is 44.2 Å². The van der Waals surface area contributed by atoms with E-state index >= 15 is 0 Å². The van der Waals surface area contributed by atoms with Crippen LogP contribution in [0.15, 0.2) is 54.6 Å². The fourth-order valence-corrected chi connectivity index (χ4v) is 3.47. The maximum Gasteiger partial charge on any atom is 0.337 e. The highest BCUT2D eigenvalue weighted by molar-refractivity contribution is 6.26. The fourth-order valence-electron chi connectivity index (χ4n) is 3.47. The van der Waals surface area contributed by atoms with Gasteiger partial charge in [-0.1, -0.05) is 29.8 Å². The van der Waals surface area contributed by atoms with Gasteiger partial charge in [-0.2, -0.15) is 0 Å². The number of nitrogens with one attached hydrogen (secondary N) is 3. The molecule has 3 N–H and O–H groups in total. The van der Waals surface area contributed by atoms with Gasteiger partial charge in [-0.25, -0.2) is 4.79 Å². The van der Waals surface area contributed by atoms with Gasteiger partial charge in [0.05, 0.1) is 5.69 Å². The SMILES string of the molecule is CCN1C(=O)c2cccc3c(NNC(=O)Nc4ccc(C)cc4)ccc(c23)C1=O. The molecular weight excluding hydrogens is 368 g/mol. The molecule has 7 nitrogen and oxygen atoms in total. The fraction of sp³-hybridized carbons (Fsp3) is 0.136. The van der Waals surface area contributed by atoms with Gasteiger partial charge in [0, 0.05) is 34.1 Å². The molecule has 4 amide bonds. The molecule has 0 aliphatic carbocycles. The van der Waals surface area contributed by atoms with Crippen molar-refractivity contribution in [3.63, 3.8) is 0 Å². The molecule has 7 heteroatoms. The van der Waals surface area contributed by atoms with Crippen molar-refractivity contribution in [1.29, 1.82) is 0 Å². The van der Waals surface area contributed by atoms with Gasteiger partial charge in [0.15, 0.2) is 0 Å². The van der Waals surface area contributed by atoms with Crippen molar-refractivity contribution in [2.45, 2.75) is 13.8 Å². The van der Waals surface area contributed by atoms with Crippen molar-refractivity contribution in [2.75, 3.05) is 17.3 Å². The zero-order chi connectivity index (χ0) is 20.5. The van der Waals surface area contributed by atoms with Crippen molar-refractivity contribution in [3.05, 3.63) is 71.3 Å². The molecule has 0 atom stereocenters. The highest BCUT2D eigenvalue weighted by Gasteiger charge is 2.32. The van der Waals surface area contributed by atoms with Crippen LogP contribution in [-0.2, 0) is 0 Å². The first-order valence-electron chi connectivity index (χ1n) is 9.31. The number of benzene rings is 3. The predicted octanol–water partition coefficient (Wildman–Crippen LogP) is 3.91. The summed E-state index contributed by atoms with van der Waals surface area (Å²) in [5, 5.41) is 4.02. The molecule has 0 saturated heterocycles. The van der Waals surface area contributed by atoms with Crippen LogP contribution in [0.25, 0.3) is 10.8 Å². The largest absolute Gasteiger partial charge is 0.337 e. The van der Waals surface area contributed by atoms with Crippen molar-refractivity contribution in [2.24, 2.45) is 0 Å². The minimum atomic E-state index is -0.432. The van der Waals surface area contributed by atoms with E-state index in [-0.39, 0.29) is 11.8 Å². The molecule has 3 aromatic carbocycles. The summed E-state index contributed by atoms with van der Waals surface area (Å²) >= 11 is 0. The lowest BCUT2D eigenvalue weighted by Crippen LogP contribution is -2.40. The molecule has 0 unspecified atom stereocenters. The van der Waals surface area contributed by atoms with Crippen LogP contribution in [0.4, 0.5) is 16.2 Å². The molecule has 0 fully saturated rings. The lowest BCUT2D eigenvalue weighted by molar-refractivity contribution is 0.0619. The van der Waals surface area contributed by atoms with Crippen LogP contribution in [-0.4, -0.2) is 29.3 Å². The molecule has 1 aliphatic heterocycles. The molecule has 0 saturated carbocycles. The maximum absolute atomic E-state index is 12.7. The van der Waals surface area contributed by atoms with Crippen LogP contribution in [0.3, 0.4) is 0 Å². The van der Waals surface area contributed by atoms with E-state index in [0.29, 0.717) is 39.8 Å². The number of carbonyl (C=O) groups excluding carboxylic acids is 3. The summed E-state index contributed by atoms with van der Waals surface area (Å²) < 4.78 is 0. The maximum atomic E-state index is 12.7. The van der Waals surface area contributed by atoms with Crippen molar-refractivity contribution in [1.82, 2.24) is 10.3 Å². The van der Waals surface area contributed by atoms with Gasteiger partial charge < -0.3 is 5.32 Å². The molecule has 1 heterocycles. The Labute approximate surface area is 167 Å². The summed E-state index contributed by atoms with van der Waals surface area (Å²) in [6.45, 7) is 4.06. The molecule has 146 valence electrons. The average molecular weight is 388 g/mol. The third kappa shape index (κ3) is 3.27. The Kier molecular flexibility index (Phi) is 4.64. The lowest BCUT2D eigenvalue weighted by Gasteiger charge is -2.26. The zero-order valence-corrected chi connectivity index (χ0v) is 16.1. The van der Waals surface area contributed by atoms with Gasteiger partial charge in [0.25, 0.3) is 11.8 Å². The Hall–Kier alpha value is -3.87. The number of hydrazine groups is 1. The zero-order valence-electron chi connectivity index (χ0n) is 16.1. The Morgan fingerprint density at radius 3 is 2.31 bits per heavy atom. The van der Waals surface area contributed by atoms with E-state index in [0.717, 1.165) is 5.56 Å². The minimum absolute atomic E-state index is 0.308. The molecular formula is C22H20N4O3. The van der Waals surface area contributed by atoms with Gasteiger partial charge in [-0.3, -0.25) is 25.3 Å². The van der Waals surface area contributed by atoms with Crippen LogP contribution in [0, 0.1) is 6.92 Å². The quantitative estimate of drug-likeness (QED) is 0.467. The molecule has 4 rings (SSSR count). The summed E-state index contributed by atoms with van der Waals surface area (Å²) in [7, 11) is 0. The number of carbonyl (C=O) groups is 3. The van der Waals surface area contributed by atoms with Crippen molar-refractivity contribution < 1.29 is 14.4 Å². The number of imide groups is 1. The van der Waals surface area contributed by atoms with Gasteiger partial charge >= 0.3 is 6.03 Å². The van der Waals surface area contributed by atoms with Crippen LogP contribution < -0.4 is 16.2 Å². The first-order valence-corrected chi connectivity index (χ1v) is 9.31. The van der Waals surface area contributed by atoms with Crippen LogP contribution in [0.1, 0.15) is 33.2 Å². The number of hydrogen-bond acceptors (Lipinski definition) is 4. The van der Waals surface area contributed by atoms with E-state index in [9.17, 15) is 14.4 Å². The topological polar surface area (TPSA) is 90.5 Å². The second-order valence-corrected chi connectivity index (χ2v) is 6.81. The number of rotatable bonds is 4. The van der Waals surface area contributed by atoms with Crippen LogP contribution >= 0.6 is 0 Å². The molecule has 0 bridgehead atoms. The summed E-state index contributed by atoms with van der Waals surface area (Å²) in [6.07, 6.45) is 0. The first kappa shape index (κ1) is 18.5. The summed E-state index contributed by atoms with van der Waals surface area (Å²) in [5.74, 6) is -0.615. The number of amides is 4. The van der Waals surface area contributed by atoms with Crippen molar-refractivity contribution in [3.8, 4) is 0 Å². The van der Waals surface area contributed by atoms with Gasteiger partial charge in [0.2, 0.25) is 0 Å². The summed E-state index contributed by atoms with van der Waals surface area (Å²) in [4.78, 5) is 38.7. The van der Waals surface area contributed by atoms with Gasteiger partial charge in [-0.15, -0.1) is 0 Å². The third-order valence-corrected chi connectivity index (χ3v) is 4.93. The van der Waals surface area contributed by atoms with Crippen LogP contribution in [0.5, 0.6) is 0 Å². The van der Waals surface area contributed by atoms with E-state index in [2.05, 4.69) is 16.2 Å². The Bertz CT molecular complexity index is 1120. The first-order chi connectivity index (χ1) is 14.0. The van der Waals surface area contributed by atoms with E-state index in [4.69, 9.17) is 0 Å². The molecule has 1 aliphatic rings. The van der Waals surface area contributed by atoms with E-state index in [1.165, 1.54) is 4.90 Å². The van der Waals surface area contributed by atoms with E-state index in [1.54, 1.807) is 31.2 Å². The minimum Gasteiger partial charge on any atom is -0.307 e. The third-order valence-electron chi connectivity index (χ3n) is 4.93. The Balaban J connectivity index is 1.60. The standard InChI is InChI=1S/C22H20N4O3/c1-3-26-20(27)16-6-4-5-15-18(12-11-17(19(15)16)21(26)28)24-25-22(29)23-14-9-7-13(2)8-10-14/h4-12,24H,3H2,1-2H3,(H2,23,25,29). The summed E-state index contributed by atoms with van der Waals surface area (Å²) in [6, 6.07) is 15.7. The number of aryl methyl sites for hydroxylation is 1. The van der Waals surface area contributed by atoms with E-state index in [1.807, 2.05) is 37.3 Å². The van der Waals surface area contributed by atoms with Gasteiger partial charge in [0.1, 0.15) is 0 Å². The number of hydrogen-bond donors (Lipinski definition) is 3. The second kappa shape index (κ2) is 7.27. The highest BCUT2D eigenvalue weighted by atomic mass is 16.2. The van der Waals surface area contributed by atoms with E-state index < -0.39 is 6.03 Å². The predicted molar refractivity (Wildman–Crippen MR) is 112 cm³/mol. The number of anilines is 2. The summed E-state index contributed by atoms with van der Waals surface area (Å²) in [5.41, 5.74) is 8.79. The smallest absolute Gasteiger partial charge is 0.307 e. The highest BCUT2D eigenvalue weighted by Crippen LogP contribution is 2.34. The Morgan fingerprint density at radius 2 is 1.62 bits per heavy atom. The van der Waals surface area contributed by atoms with Crippen LogP contribution in [0.2, 0.25) is 0 Å². The average Bonchev–Trinajstić information content (AvgIpc) is 2.72. The molecule has 0 aromatic heterocycles. The number of urea groups is 1. The normalized spacial score (nSPS) is 12.8. The lowest BCUT2D eigenvalue weighted by atomic mass is 9.93. The van der Waals surface area contributed by atoms with Crippen molar-refractivity contribution >= 4 is 40.0 Å². The second-order valence-electron chi connectivity index (χ2n) is 6.81. The molecule has 0 spiro atoms.